The van der Waals surface area contributed by atoms with Crippen molar-refractivity contribution in [1.82, 2.24) is 10.3 Å². The summed E-state index contributed by atoms with van der Waals surface area (Å²) < 4.78 is 5.90. The molecule has 2 aliphatic rings. The maximum absolute atomic E-state index is 5.90. The van der Waals surface area contributed by atoms with Gasteiger partial charge in [0.25, 0.3) is 0 Å². The van der Waals surface area contributed by atoms with Gasteiger partial charge in [-0.05, 0) is 33.2 Å². The van der Waals surface area contributed by atoms with E-state index in [4.69, 9.17) is 9.72 Å². The lowest BCUT2D eigenvalue weighted by Crippen LogP contribution is -2.13. The van der Waals surface area contributed by atoms with Gasteiger partial charge in [-0.1, -0.05) is 0 Å². The van der Waals surface area contributed by atoms with Gasteiger partial charge in [0.1, 0.15) is 0 Å². The summed E-state index contributed by atoms with van der Waals surface area (Å²) in [6.45, 7) is 3.05. The third-order valence-electron chi connectivity index (χ3n) is 3.67. The Morgan fingerprint density at radius 2 is 2.38 bits per heavy atom. The fourth-order valence-corrected chi connectivity index (χ4v) is 4.08. The molecule has 0 saturated carbocycles. The van der Waals surface area contributed by atoms with Crippen LogP contribution < -0.4 is 5.32 Å². The predicted molar refractivity (Wildman–Crippen MR) is 64.9 cm³/mol. The first-order valence-electron chi connectivity index (χ1n) is 6.04. The molecule has 2 saturated heterocycles. The lowest BCUT2D eigenvalue weighted by molar-refractivity contribution is 0.101. The summed E-state index contributed by atoms with van der Waals surface area (Å²) in [6, 6.07) is 0. The Kier molecular flexibility index (Phi) is 2.73. The first-order valence-corrected chi connectivity index (χ1v) is 6.86. The van der Waals surface area contributed by atoms with Gasteiger partial charge in [0.2, 0.25) is 0 Å². The first-order chi connectivity index (χ1) is 7.78. The average Bonchev–Trinajstić information content (AvgIpc) is 2.94. The molecule has 3 heterocycles. The van der Waals surface area contributed by atoms with Gasteiger partial charge in [-0.25, -0.2) is 4.98 Å². The maximum atomic E-state index is 5.90. The molecule has 1 aromatic rings. The number of nitrogens with one attached hydrogen (secondary N) is 1. The van der Waals surface area contributed by atoms with Gasteiger partial charge in [-0.3, -0.25) is 0 Å². The summed E-state index contributed by atoms with van der Waals surface area (Å²) in [5.41, 5.74) is 1.19. The summed E-state index contributed by atoms with van der Waals surface area (Å²) in [4.78, 5) is 6.10. The molecule has 4 heteroatoms. The number of aromatic nitrogens is 1. The van der Waals surface area contributed by atoms with E-state index in [1.165, 1.54) is 34.8 Å². The fraction of sp³-hybridized carbons (Fsp3) is 0.750. The second-order valence-corrected chi connectivity index (χ2v) is 5.92. The van der Waals surface area contributed by atoms with E-state index >= 15 is 0 Å². The van der Waals surface area contributed by atoms with Gasteiger partial charge in [0.15, 0.2) is 0 Å². The molecule has 1 N–H and O–H groups in total. The zero-order valence-corrected chi connectivity index (χ0v) is 10.6. The van der Waals surface area contributed by atoms with E-state index < -0.39 is 0 Å². The molecule has 0 amide bonds. The second kappa shape index (κ2) is 4.09. The predicted octanol–water partition coefficient (Wildman–Crippen LogP) is 2.21. The zero-order chi connectivity index (χ0) is 11.1. The summed E-state index contributed by atoms with van der Waals surface area (Å²) in [6.07, 6.45) is 4.66. The minimum atomic E-state index is 0.456. The molecule has 16 heavy (non-hydrogen) atoms. The van der Waals surface area contributed by atoms with Gasteiger partial charge < -0.3 is 10.1 Å². The van der Waals surface area contributed by atoms with Crippen molar-refractivity contribution < 1.29 is 4.74 Å². The monoisotopic (exact) mass is 238 g/mol. The molecule has 1 aromatic heterocycles. The van der Waals surface area contributed by atoms with Crippen LogP contribution in [0.1, 0.15) is 40.8 Å². The Morgan fingerprint density at radius 1 is 1.50 bits per heavy atom. The highest BCUT2D eigenvalue weighted by Crippen LogP contribution is 2.45. The zero-order valence-electron chi connectivity index (χ0n) is 9.82. The van der Waals surface area contributed by atoms with Gasteiger partial charge in [0.05, 0.1) is 22.9 Å². The molecule has 88 valence electrons. The number of ether oxygens (including phenoxy) is 1. The average molecular weight is 238 g/mol. The lowest BCUT2D eigenvalue weighted by Gasteiger charge is -2.15. The van der Waals surface area contributed by atoms with Crippen molar-refractivity contribution in [1.29, 1.82) is 0 Å². The maximum Gasteiger partial charge on any atom is 0.0989 e. The van der Waals surface area contributed by atoms with Crippen LogP contribution in [-0.2, 0) is 11.3 Å². The first kappa shape index (κ1) is 10.7. The highest BCUT2D eigenvalue weighted by atomic mass is 32.1. The van der Waals surface area contributed by atoms with Crippen molar-refractivity contribution in [3.63, 3.8) is 0 Å². The van der Waals surface area contributed by atoms with Crippen LogP contribution in [0.4, 0.5) is 0 Å². The summed E-state index contributed by atoms with van der Waals surface area (Å²) in [5.74, 6) is 0.577. The molecule has 2 bridgehead atoms. The van der Waals surface area contributed by atoms with E-state index in [1.807, 2.05) is 18.4 Å². The fourth-order valence-electron chi connectivity index (χ4n) is 2.83. The number of hydrogen-bond acceptors (Lipinski definition) is 4. The number of aryl methyl sites for hydroxylation is 1. The van der Waals surface area contributed by atoms with Crippen LogP contribution in [0.2, 0.25) is 0 Å². The Labute approximate surface area is 100 Å². The van der Waals surface area contributed by atoms with Crippen LogP contribution >= 0.6 is 11.3 Å². The molecule has 3 atom stereocenters. The Balaban J connectivity index is 1.82. The van der Waals surface area contributed by atoms with Crippen LogP contribution in [-0.4, -0.2) is 24.2 Å². The molecule has 3 nitrogen and oxygen atoms in total. The normalized spacial score (nSPS) is 32.5. The summed E-state index contributed by atoms with van der Waals surface area (Å²) in [7, 11) is 1.99. The van der Waals surface area contributed by atoms with E-state index in [0.717, 1.165) is 6.54 Å². The van der Waals surface area contributed by atoms with Crippen LogP contribution in [0.5, 0.6) is 0 Å². The highest BCUT2D eigenvalue weighted by Gasteiger charge is 2.42. The number of hydrogen-bond donors (Lipinski definition) is 1. The number of thiazole rings is 1. The third-order valence-corrected chi connectivity index (χ3v) is 4.96. The standard InChI is InChI=1S/C12H18N2OS/c1-7-11(6-13-2)16-12(14-7)9-5-8-3-4-10(9)15-8/h8-10,13H,3-6H2,1-2H3. The lowest BCUT2D eigenvalue weighted by atomic mass is 9.90. The SMILES string of the molecule is CNCc1sc(C2CC3CCC2O3)nc1C. The number of rotatable bonds is 3. The molecule has 0 radical (unpaired) electrons. The van der Waals surface area contributed by atoms with Gasteiger partial charge in [-0.2, -0.15) is 0 Å². The van der Waals surface area contributed by atoms with Crippen molar-refractivity contribution in [3.8, 4) is 0 Å². The topological polar surface area (TPSA) is 34.1 Å². The third kappa shape index (κ3) is 1.69. The number of fused-ring (bicyclic) bond motifs is 2. The summed E-state index contributed by atoms with van der Waals surface area (Å²) >= 11 is 1.87. The molecule has 0 spiro atoms. The molecular weight excluding hydrogens is 220 g/mol. The van der Waals surface area contributed by atoms with Crippen LogP contribution in [0.3, 0.4) is 0 Å². The molecule has 0 aromatic carbocycles. The quantitative estimate of drug-likeness (QED) is 0.876. The number of nitrogens with zero attached hydrogens (tertiary/aromatic N) is 1. The summed E-state index contributed by atoms with van der Waals surface area (Å²) in [5, 5.41) is 4.50. The Hall–Kier alpha value is -0.450. The molecule has 2 aliphatic heterocycles. The van der Waals surface area contributed by atoms with E-state index in [9.17, 15) is 0 Å². The molecule has 0 aliphatic carbocycles. The Morgan fingerprint density at radius 3 is 3.00 bits per heavy atom. The van der Waals surface area contributed by atoms with E-state index in [-0.39, 0.29) is 0 Å². The van der Waals surface area contributed by atoms with Crippen LogP contribution in [0, 0.1) is 6.92 Å². The van der Waals surface area contributed by atoms with Crippen LogP contribution in [0.15, 0.2) is 0 Å². The molecule has 3 rings (SSSR count). The van der Waals surface area contributed by atoms with E-state index in [1.54, 1.807) is 0 Å². The minimum Gasteiger partial charge on any atom is -0.374 e. The van der Waals surface area contributed by atoms with Gasteiger partial charge in [0, 0.05) is 17.3 Å². The van der Waals surface area contributed by atoms with Gasteiger partial charge >= 0.3 is 0 Å². The Bertz CT molecular complexity index is 390. The smallest absolute Gasteiger partial charge is 0.0989 e. The van der Waals surface area contributed by atoms with E-state index in [0.29, 0.717) is 18.1 Å². The van der Waals surface area contributed by atoms with E-state index in [2.05, 4.69) is 12.2 Å². The van der Waals surface area contributed by atoms with Gasteiger partial charge in [-0.15, -0.1) is 11.3 Å². The van der Waals surface area contributed by atoms with Crippen molar-refractivity contribution in [2.45, 2.75) is 50.9 Å². The van der Waals surface area contributed by atoms with Crippen molar-refractivity contribution in [2.24, 2.45) is 0 Å². The van der Waals surface area contributed by atoms with Crippen molar-refractivity contribution >= 4 is 11.3 Å². The minimum absolute atomic E-state index is 0.456. The molecule has 3 unspecified atom stereocenters. The largest absolute Gasteiger partial charge is 0.374 e. The van der Waals surface area contributed by atoms with Crippen molar-refractivity contribution in [2.75, 3.05) is 7.05 Å². The highest BCUT2D eigenvalue weighted by molar-refractivity contribution is 7.11. The molecule has 2 fully saturated rings. The van der Waals surface area contributed by atoms with Crippen LogP contribution in [0.25, 0.3) is 0 Å². The van der Waals surface area contributed by atoms with Crippen molar-refractivity contribution in [3.05, 3.63) is 15.6 Å². The molecular formula is C12H18N2OS. The second-order valence-electron chi connectivity index (χ2n) is 4.81.